The molecule has 0 aliphatic carbocycles. The molecule has 0 unspecified atom stereocenters. The lowest BCUT2D eigenvalue weighted by atomic mass is 10.1. The molecule has 0 aromatic rings. The molecule has 0 spiro atoms. The molecule has 0 aromatic carbocycles. The van der Waals surface area contributed by atoms with Crippen molar-refractivity contribution in [3.63, 3.8) is 0 Å². The van der Waals surface area contributed by atoms with E-state index in [0.29, 0.717) is 12.3 Å². The summed E-state index contributed by atoms with van der Waals surface area (Å²) in [4.78, 5) is 33.7. The topological polar surface area (TPSA) is 98.5 Å². The van der Waals surface area contributed by atoms with E-state index in [4.69, 9.17) is 10.5 Å². The summed E-state index contributed by atoms with van der Waals surface area (Å²) >= 11 is 0. The van der Waals surface area contributed by atoms with Gasteiger partial charge in [-0.25, -0.2) is 4.79 Å². The fourth-order valence-electron chi connectivity index (χ4n) is 1.29. The van der Waals surface area contributed by atoms with E-state index in [1.165, 1.54) is 0 Å². The number of imide groups is 1. The third-order valence-corrected chi connectivity index (χ3v) is 2.29. The summed E-state index contributed by atoms with van der Waals surface area (Å²) in [6, 6.07) is -0.955. The Morgan fingerprint density at radius 2 is 1.72 bits per heavy atom. The lowest BCUT2D eigenvalue weighted by Crippen LogP contribution is -2.45. The average Bonchev–Trinajstić information content (AvgIpc) is 2.21. The summed E-state index contributed by atoms with van der Waals surface area (Å²) in [7, 11) is 0. The maximum atomic E-state index is 11.6. The fraction of sp³-hybridized carbons (Fsp3) is 0.750. The van der Waals surface area contributed by atoms with Gasteiger partial charge in [0.1, 0.15) is 0 Å². The van der Waals surface area contributed by atoms with E-state index in [9.17, 15) is 14.4 Å². The molecule has 1 atom stereocenters. The summed E-state index contributed by atoms with van der Waals surface area (Å²) in [5, 5.41) is 1.92. The van der Waals surface area contributed by atoms with E-state index in [-0.39, 0.29) is 12.3 Å². The number of hydrogen-bond donors (Lipinski definition) is 2. The number of nitrogens with two attached hydrogens (primary N) is 1. The zero-order valence-electron chi connectivity index (χ0n) is 11.4. The van der Waals surface area contributed by atoms with Gasteiger partial charge in [0, 0.05) is 6.42 Å². The molecule has 0 saturated heterocycles. The first-order valence-corrected chi connectivity index (χ1v) is 6.03. The van der Waals surface area contributed by atoms with Crippen molar-refractivity contribution in [1.82, 2.24) is 5.32 Å². The maximum absolute atomic E-state index is 11.6. The monoisotopic (exact) mass is 258 g/mol. The lowest BCUT2D eigenvalue weighted by molar-refractivity contribution is -0.158. The van der Waals surface area contributed by atoms with Gasteiger partial charge in [0.2, 0.25) is 0 Å². The standard InChI is InChI=1S/C12H22N2O4/c1-7(2)5-6-9(15)18-10(8(3)4)11(16)14-12(13)17/h7-8,10H,5-6H2,1-4H3,(H3,13,14,16,17)/t10-/m0/s1. The Labute approximate surface area is 107 Å². The first-order chi connectivity index (χ1) is 8.23. The number of carbonyl (C=O) groups excluding carboxylic acids is 3. The predicted molar refractivity (Wildman–Crippen MR) is 66.5 cm³/mol. The van der Waals surface area contributed by atoms with Crippen molar-refractivity contribution in [2.45, 2.75) is 46.6 Å². The third-order valence-electron chi connectivity index (χ3n) is 2.29. The Morgan fingerprint density at radius 3 is 2.11 bits per heavy atom. The number of amides is 3. The van der Waals surface area contributed by atoms with Gasteiger partial charge in [-0.05, 0) is 18.3 Å². The summed E-state index contributed by atoms with van der Waals surface area (Å²) in [6.07, 6.45) is -0.0385. The van der Waals surface area contributed by atoms with Gasteiger partial charge in [-0.3, -0.25) is 14.9 Å². The second-order valence-corrected chi connectivity index (χ2v) is 4.94. The van der Waals surface area contributed by atoms with Crippen LogP contribution in [-0.2, 0) is 14.3 Å². The molecular formula is C12H22N2O4. The van der Waals surface area contributed by atoms with Crippen LogP contribution in [0.1, 0.15) is 40.5 Å². The lowest BCUT2D eigenvalue weighted by Gasteiger charge is -2.20. The zero-order valence-corrected chi connectivity index (χ0v) is 11.4. The molecule has 0 aliphatic heterocycles. The van der Waals surface area contributed by atoms with Crippen LogP contribution in [0.4, 0.5) is 4.79 Å². The van der Waals surface area contributed by atoms with E-state index >= 15 is 0 Å². The zero-order chi connectivity index (χ0) is 14.3. The highest BCUT2D eigenvalue weighted by Gasteiger charge is 2.27. The largest absolute Gasteiger partial charge is 0.452 e. The van der Waals surface area contributed by atoms with Crippen LogP contribution in [0, 0.1) is 11.8 Å². The molecule has 0 rings (SSSR count). The van der Waals surface area contributed by atoms with E-state index in [0.717, 1.165) is 0 Å². The minimum absolute atomic E-state index is 0.229. The number of nitrogens with one attached hydrogen (secondary N) is 1. The van der Waals surface area contributed by atoms with Gasteiger partial charge in [0.15, 0.2) is 6.10 Å². The van der Waals surface area contributed by atoms with Crippen molar-refractivity contribution in [2.24, 2.45) is 17.6 Å². The van der Waals surface area contributed by atoms with Crippen LogP contribution in [-0.4, -0.2) is 24.0 Å². The van der Waals surface area contributed by atoms with Crippen molar-refractivity contribution >= 4 is 17.9 Å². The van der Waals surface area contributed by atoms with Crippen LogP contribution in [0.25, 0.3) is 0 Å². The smallest absolute Gasteiger partial charge is 0.318 e. The second-order valence-electron chi connectivity index (χ2n) is 4.94. The number of esters is 1. The molecule has 3 N–H and O–H groups in total. The second kappa shape index (κ2) is 7.68. The number of ether oxygens (including phenoxy) is 1. The quantitative estimate of drug-likeness (QED) is 0.699. The van der Waals surface area contributed by atoms with Crippen LogP contribution in [0.3, 0.4) is 0 Å². The Balaban J connectivity index is 4.40. The number of urea groups is 1. The molecule has 0 radical (unpaired) electrons. The summed E-state index contributed by atoms with van der Waals surface area (Å²) in [5.74, 6) is -0.973. The highest BCUT2D eigenvalue weighted by atomic mass is 16.5. The number of hydrogen-bond acceptors (Lipinski definition) is 4. The number of primary amides is 1. The SMILES string of the molecule is CC(C)CCC(=O)O[C@H](C(=O)NC(N)=O)C(C)C. The van der Waals surface area contributed by atoms with Crippen molar-refractivity contribution in [1.29, 1.82) is 0 Å². The molecule has 0 heterocycles. The Morgan fingerprint density at radius 1 is 1.17 bits per heavy atom. The van der Waals surface area contributed by atoms with E-state index in [1.807, 2.05) is 19.2 Å². The fourth-order valence-corrected chi connectivity index (χ4v) is 1.29. The van der Waals surface area contributed by atoms with Crippen LogP contribution >= 0.6 is 0 Å². The minimum Gasteiger partial charge on any atom is -0.452 e. The van der Waals surface area contributed by atoms with Gasteiger partial charge < -0.3 is 10.5 Å². The van der Waals surface area contributed by atoms with Crippen LogP contribution in [0.5, 0.6) is 0 Å². The predicted octanol–water partition coefficient (Wildman–Crippen LogP) is 1.19. The van der Waals surface area contributed by atoms with Gasteiger partial charge >= 0.3 is 12.0 Å². The maximum Gasteiger partial charge on any atom is 0.318 e. The van der Waals surface area contributed by atoms with Crippen LogP contribution in [0.15, 0.2) is 0 Å². The molecule has 0 aromatic heterocycles. The van der Waals surface area contributed by atoms with Gasteiger partial charge in [0.05, 0.1) is 0 Å². The van der Waals surface area contributed by atoms with Crippen molar-refractivity contribution in [3.8, 4) is 0 Å². The Kier molecular flexibility index (Phi) is 7.00. The number of carbonyl (C=O) groups is 3. The van der Waals surface area contributed by atoms with Crippen LogP contribution < -0.4 is 11.1 Å². The van der Waals surface area contributed by atoms with Gasteiger partial charge in [-0.1, -0.05) is 27.7 Å². The first-order valence-electron chi connectivity index (χ1n) is 6.03. The third kappa shape index (κ3) is 6.88. The molecule has 18 heavy (non-hydrogen) atoms. The highest BCUT2D eigenvalue weighted by Crippen LogP contribution is 2.11. The molecule has 0 aliphatic rings. The number of rotatable bonds is 6. The first kappa shape index (κ1) is 16.4. The molecule has 6 nitrogen and oxygen atoms in total. The molecular weight excluding hydrogens is 236 g/mol. The van der Waals surface area contributed by atoms with E-state index in [2.05, 4.69) is 0 Å². The van der Waals surface area contributed by atoms with Gasteiger partial charge in [0.25, 0.3) is 5.91 Å². The van der Waals surface area contributed by atoms with E-state index < -0.39 is 24.0 Å². The average molecular weight is 258 g/mol. The summed E-state index contributed by atoms with van der Waals surface area (Å²) < 4.78 is 5.07. The molecule has 104 valence electrons. The Hall–Kier alpha value is -1.59. The molecule has 6 heteroatoms. The summed E-state index contributed by atoms with van der Waals surface area (Å²) in [5.41, 5.74) is 4.85. The van der Waals surface area contributed by atoms with E-state index in [1.54, 1.807) is 13.8 Å². The molecule has 0 fully saturated rings. The molecule has 0 bridgehead atoms. The summed E-state index contributed by atoms with van der Waals surface area (Å²) in [6.45, 7) is 7.43. The molecule has 3 amide bonds. The van der Waals surface area contributed by atoms with Crippen molar-refractivity contribution < 1.29 is 19.1 Å². The highest BCUT2D eigenvalue weighted by molar-refractivity contribution is 5.96. The molecule has 0 saturated carbocycles. The minimum atomic E-state index is -0.989. The Bertz CT molecular complexity index is 313. The van der Waals surface area contributed by atoms with Gasteiger partial charge in [-0.2, -0.15) is 0 Å². The van der Waals surface area contributed by atoms with Crippen molar-refractivity contribution in [3.05, 3.63) is 0 Å². The van der Waals surface area contributed by atoms with Crippen molar-refractivity contribution in [2.75, 3.05) is 0 Å². The van der Waals surface area contributed by atoms with Crippen LogP contribution in [0.2, 0.25) is 0 Å². The van der Waals surface area contributed by atoms with Gasteiger partial charge in [-0.15, -0.1) is 0 Å². The normalized spacial score (nSPS) is 12.3.